The molecule has 0 unspecified atom stereocenters. The zero-order chi connectivity index (χ0) is 25.9. The lowest BCUT2D eigenvalue weighted by Crippen LogP contribution is -2.57. The Kier molecular flexibility index (Phi) is 7.89. The van der Waals surface area contributed by atoms with E-state index in [1.165, 1.54) is 22.8 Å². The van der Waals surface area contributed by atoms with E-state index in [4.69, 9.17) is 9.15 Å². The van der Waals surface area contributed by atoms with Crippen molar-refractivity contribution in [2.45, 2.75) is 56.6 Å². The van der Waals surface area contributed by atoms with Gasteiger partial charge in [0.25, 0.3) is 0 Å². The number of benzene rings is 1. The van der Waals surface area contributed by atoms with Gasteiger partial charge < -0.3 is 9.15 Å². The summed E-state index contributed by atoms with van der Waals surface area (Å²) in [5.41, 5.74) is -0.245. The Bertz CT molecular complexity index is 1250. The van der Waals surface area contributed by atoms with Gasteiger partial charge in [-0.25, -0.2) is 22.2 Å². The summed E-state index contributed by atoms with van der Waals surface area (Å²) < 4.78 is 69.5. The third kappa shape index (κ3) is 5.08. The molecule has 1 aromatic carbocycles. The summed E-state index contributed by atoms with van der Waals surface area (Å²) >= 11 is 0. The van der Waals surface area contributed by atoms with Gasteiger partial charge in [0.15, 0.2) is 0 Å². The highest BCUT2D eigenvalue weighted by molar-refractivity contribution is 7.90. The average Bonchev–Trinajstić information content (AvgIpc) is 3.33. The van der Waals surface area contributed by atoms with Crippen LogP contribution in [-0.4, -0.2) is 42.2 Å². The summed E-state index contributed by atoms with van der Waals surface area (Å²) in [6.07, 6.45) is 10.8. The van der Waals surface area contributed by atoms with Crippen LogP contribution in [0.4, 0.5) is 8.78 Å². The molecule has 0 amide bonds. The lowest BCUT2D eigenvalue weighted by molar-refractivity contribution is -0.0821. The van der Waals surface area contributed by atoms with Gasteiger partial charge in [0, 0.05) is 23.7 Å². The molecule has 194 valence electrons. The van der Waals surface area contributed by atoms with E-state index in [9.17, 15) is 8.42 Å². The third-order valence-electron chi connectivity index (χ3n) is 6.85. The summed E-state index contributed by atoms with van der Waals surface area (Å²) in [6, 6.07) is 1.87. The van der Waals surface area contributed by atoms with E-state index in [1.807, 2.05) is 6.92 Å². The molecule has 2 aliphatic rings. The van der Waals surface area contributed by atoms with Crippen molar-refractivity contribution < 1.29 is 26.4 Å². The van der Waals surface area contributed by atoms with Crippen molar-refractivity contribution in [2.75, 3.05) is 13.2 Å². The van der Waals surface area contributed by atoms with Gasteiger partial charge in [0.2, 0.25) is 15.9 Å². The fourth-order valence-corrected chi connectivity index (χ4v) is 6.89. The molecule has 36 heavy (non-hydrogen) atoms. The molecule has 2 aliphatic heterocycles. The monoisotopic (exact) mass is 519 g/mol. The van der Waals surface area contributed by atoms with E-state index >= 15 is 8.78 Å². The number of allylic oxidation sites excluding steroid dienone is 4. The second kappa shape index (κ2) is 10.8. The second-order valence-corrected chi connectivity index (χ2v) is 11.2. The summed E-state index contributed by atoms with van der Waals surface area (Å²) in [4.78, 5) is 4.04. The van der Waals surface area contributed by atoms with E-state index < -0.39 is 32.4 Å². The topological polar surface area (TPSA) is 84.7 Å². The molecule has 2 aromatic rings. The van der Waals surface area contributed by atoms with Crippen LogP contribution in [0.2, 0.25) is 0 Å². The molecule has 3 heterocycles. The number of nitrogens with zero attached hydrogens (tertiary/aromatic N) is 2. The van der Waals surface area contributed by atoms with Gasteiger partial charge in [-0.15, -0.1) is 0 Å². The van der Waals surface area contributed by atoms with Gasteiger partial charge in [-0.3, -0.25) is 5.32 Å². The Hall–Kier alpha value is -2.66. The number of hydrogen-bond donors (Lipinski definition) is 1. The molecule has 7 nitrogen and oxygen atoms in total. The van der Waals surface area contributed by atoms with Crippen LogP contribution in [-0.2, 0) is 33.4 Å². The van der Waals surface area contributed by atoms with Gasteiger partial charge >= 0.3 is 0 Å². The summed E-state index contributed by atoms with van der Waals surface area (Å²) in [6.45, 7) is 7.66. The first-order valence-electron chi connectivity index (χ1n) is 11.9. The maximum absolute atomic E-state index is 15.4. The summed E-state index contributed by atoms with van der Waals surface area (Å²) in [7, 11) is -3.83. The molecular formula is C26H31F2N3O4S. The molecule has 2 saturated heterocycles. The minimum absolute atomic E-state index is 0.0204. The molecule has 2 atom stereocenters. The molecule has 0 spiro atoms. The van der Waals surface area contributed by atoms with E-state index in [0.29, 0.717) is 24.3 Å². The van der Waals surface area contributed by atoms with Crippen LogP contribution in [0.15, 0.2) is 65.5 Å². The Morgan fingerprint density at radius 1 is 1.31 bits per heavy atom. The molecule has 0 radical (unpaired) electrons. The number of oxazole rings is 1. The highest BCUT2D eigenvalue weighted by Gasteiger charge is 2.44. The van der Waals surface area contributed by atoms with Gasteiger partial charge in [-0.2, -0.15) is 4.31 Å². The Morgan fingerprint density at radius 2 is 2.08 bits per heavy atom. The number of nitrogens with one attached hydrogen (secondary N) is 1. The van der Waals surface area contributed by atoms with Crippen LogP contribution in [0.3, 0.4) is 0 Å². The van der Waals surface area contributed by atoms with E-state index in [-0.39, 0.29) is 43.5 Å². The number of rotatable bonds is 9. The third-order valence-corrected chi connectivity index (χ3v) is 9.22. The molecule has 1 aromatic heterocycles. The zero-order valence-electron chi connectivity index (χ0n) is 20.4. The number of halogens is 2. The van der Waals surface area contributed by atoms with Crippen LogP contribution >= 0.6 is 0 Å². The smallest absolute Gasteiger partial charge is 0.221 e. The van der Waals surface area contributed by atoms with Crippen molar-refractivity contribution >= 4 is 10.0 Å². The SMILES string of the molecule is C=C/C(=C\C=C/C)[C@H]1CC[C@H](C)N(Cc2cc(F)c(C3(NCc4ncco4)COC3)cc2F)S1(=O)=O. The van der Waals surface area contributed by atoms with Crippen molar-refractivity contribution in [3.05, 3.63) is 89.7 Å². The second-order valence-electron chi connectivity index (χ2n) is 9.18. The standard InChI is InChI=1S/C26H31F2N3O4S/c1-4-6-7-19(5-2)24-9-8-18(3)31(36(24,32)33)15-20-12-23(28)21(13-22(20)27)26(16-34-17-26)30-14-25-29-10-11-35-25/h4-7,10-13,18,24,30H,2,8-9,14-17H2,1,3H3/b6-4-,19-7+/t18-,24+/m0/s1. The van der Waals surface area contributed by atoms with Crippen LogP contribution in [0.25, 0.3) is 0 Å². The first-order chi connectivity index (χ1) is 17.2. The molecule has 0 saturated carbocycles. The first kappa shape index (κ1) is 26.4. The predicted molar refractivity (Wildman–Crippen MR) is 132 cm³/mol. The Morgan fingerprint density at radius 3 is 2.69 bits per heavy atom. The molecule has 1 N–H and O–H groups in total. The van der Waals surface area contributed by atoms with Crippen molar-refractivity contribution in [3.63, 3.8) is 0 Å². The van der Waals surface area contributed by atoms with E-state index in [0.717, 1.165) is 12.1 Å². The highest BCUT2D eigenvalue weighted by atomic mass is 32.2. The van der Waals surface area contributed by atoms with E-state index in [1.54, 1.807) is 25.2 Å². The Labute approximate surface area is 210 Å². The minimum atomic E-state index is -3.83. The van der Waals surface area contributed by atoms with Crippen LogP contribution in [0.5, 0.6) is 0 Å². The maximum atomic E-state index is 15.4. The fourth-order valence-electron chi connectivity index (χ4n) is 4.69. The maximum Gasteiger partial charge on any atom is 0.221 e. The van der Waals surface area contributed by atoms with Gasteiger partial charge in [-0.05, 0) is 44.4 Å². The molecular weight excluding hydrogens is 488 g/mol. The molecule has 0 aliphatic carbocycles. The molecule has 2 fully saturated rings. The predicted octanol–water partition coefficient (Wildman–Crippen LogP) is 4.34. The van der Waals surface area contributed by atoms with Crippen LogP contribution in [0.1, 0.15) is 43.7 Å². The van der Waals surface area contributed by atoms with Crippen molar-refractivity contribution in [2.24, 2.45) is 0 Å². The summed E-state index contributed by atoms with van der Waals surface area (Å²) in [5.74, 6) is -0.888. The first-order valence-corrected chi connectivity index (χ1v) is 13.4. The normalized spacial score (nSPS) is 24.1. The van der Waals surface area contributed by atoms with Gasteiger partial charge in [-0.1, -0.05) is 30.9 Å². The van der Waals surface area contributed by atoms with Crippen molar-refractivity contribution in [1.29, 1.82) is 0 Å². The largest absolute Gasteiger partial charge is 0.448 e. The van der Waals surface area contributed by atoms with E-state index in [2.05, 4.69) is 16.9 Å². The van der Waals surface area contributed by atoms with Crippen molar-refractivity contribution in [1.82, 2.24) is 14.6 Å². The minimum Gasteiger partial charge on any atom is -0.448 e. The molecule has 10 heteroatoms. The Balaban J connectivity index is 1.59. The fraction of sp³-hybridized carbons (Fsp3) is 0.423. The van der Waals surface area contributed by atoms with Crippen LogP contribution in [0, 0.1) is 11.6 Å². The molecule has 4 rings (SSSR count). The number of aromatic nitrogens is 1. The van der Waals surface area contributed by atoms with Crippen molar-refractivity contribution in [3.8, 4) is 0 Å². The average molecular weight is 520 g/mol. The number of hydrogen-bond acceptors (Lipinski definition) is 6. The highest BCUT2D eigenvalue weighted by Crippen LogP contribution is 2.36. The summed E-state index contributed by atoms with van der Waals surface area (Å²) in [5, 5.41) is 2.38. The number of ether oxygens (including phenoxy) is 1. The quantitative estimate of drug-likeness (QED) is 0.496. The zero-order valence-corrected chi connectivity index (χ0v) is 21.2. The van der Waals surface area contributed by atoms with Gasteiger partial charge in [0.1, 0.15) is 23.1 Å². The lowest BCUT2D eigenvalue weighted by atomic mass is 9.86. The van der Waals surface area contributed by atoms with Crippen LogP contribution < -0.4 is 5.32 Å². The van der Waals surface area contributed by atoms with Gasteiger partial charge in [0.05, 0.1) is 31.5 Å². The molecule has 0 bridgehead atoms. The lowest BCUT2D eigenvalue weighted by Gasteiger charge is -2.43. The number of sulfonamides is 1.